The lowest BCUT2D eigenvalue weighted by Crippen LogP contribution is -2.22. The normalized spacial score (nSPS) is 13.8. The van der Waals surface area contributed by atoms with Gasteiger partial charge in [0, 0.05) is 22.8 Å². The van der Waals surface area contributed by atoms with Crippen LogP contribution in [0.3, 0.4) is 0 Å². The van der Waals surface area contributed by atoms with E-state index in [1.807, 2.05) is 30.3 Å². The Morgan fingerprint density at radius 2 is 1.87 bits per heavy atom. The number of ketones is 1. The summed E-state index contributed by atoms with van der Waals surface area (Å²) >= 11 is 9.14. The van der Waals surface area contributed by atoms with Gasteiger partial charge in [0.2, 0.25) is 0 Å². The van der Waals surface area contributed by atoms with Gasteiger partial charge < -0.3 is 5.32 Å². The number of pyridine rings is 1. The van der Waals surface area contributed by atoms with Gasteiger partial charge in [-0.1, -0.05) is 54.0 Å². The summed E-state index contributed by atoms with van der Waals surface area (Å²) in [6.45, 7) is 0. The second kappa shape index (κ2) is 10.3. The van der Waals surface area contributed by atoms with E-state index in [0.717, 1.165) is 30.6 Å². The van der Waals surface area contributed by atoms with Crippen LogP contribution in [0.5, 0.6) is 0 Å². The summed E-state index contributed by atoms with van der Waals surface area (Å²) < 4.78 is 0.539. The molecule has 1 aromatic carbocycles. The van der Waals surface area contributed by atoms with Crippen LogP contribution in [0, 0.1) is 5.92 Å². The third-order valence-electron chi connectivity index (χ3n) is 5.00. The number of nitrogens with zero attached hydrogens (tertiary/aromatic N) is 2. The Bertz CT molecular complexity index is 1070. The molecular formula is C22H21ClN4O2S2. The summed E-state index contributed by atoms with van der Waals surface area (Å²) in [7, 11) is 0. The topological polar surface area (TPSA) is 84.0 Å². The Morgan fingerprint density at radius 1 is 1.10 bits per heavy atom. The molecule has 0 saturated heterocycles. The highest BCUT2D eigenvalue weighted by atomic mass is 35.5. The predicted molar refractivity (Wildman–Crippen MR) is 126 cm³/mol. The number of benzene rings is 1. The number of halogens is 1. The van der Waals surface area contributed by atoms with Gasteiger partial charge in [0.25, 0.3) is 0 Å². The van der Waals surface area contributed by atoms with Crippen LogP contribution < -0.4 is 10.6 Å². The largest absolute Gasteiger partial charge is 0.325 e. The van der Waals surface area contributed by atoms with Crippen molar-refractivity contribution in [2.24, 2.45) is 5.92 Å². The summed E-state index contributed by atoms with van der Waals surface area (Å²) in [5, 5.41) is 5.85. The van der Waals surface area contributed by atoms with Gasteiger partial charge in [0.1, 0.15) is 10.0 Å². The molecule has 4 rings (SSSR count). The monoisotopic (exact) mass is 472 g/mol. The van der Waals surface area contributed by atoms with E-state index in [9.17, 15) is 9.59 Å². The average molecular weight is 473 g/mol. The van der Waals surface area contributed by atoms with Gasteiger partial charge in [-0.15, -0.1) is 11.8 Å². The lowest BCUT2D eigenvalue weighted by atomic mass is 9.99. The van der Waals surface area contributed by atoms with Crippen molar-refractivity contribution >= 4 is 57.3 Å². The van der Waals surface area contributed by atoms with Crippen LogP contribution >= 0.6 is 34.7 Å². The van der Waals surface area contributed by atoms with Crippen LogP contribution in [0.1, 0.15) is 41.9 Å². The number of carbonyl (C=O) groups excluding carboxylic acids is 2. The summed E-state index contributed by atoms with van der Waals surface area (Å²) in [6, 6.07) is 12.9. The number of rotatable bonds is 7. The molecule has 0 spiro atoms. The Balaban J connectivity index is 1.39. The highest BCUT2D eigenvalue weighted by Crippen LogP contribution is 2.33. The molecule has 3 aromatic rings. The molecule has 2 amide bonds. The van der Waals surface area contributed by atoms with E-state index in [1.165, 1.54) is 11.3 Å². The quantitative estimate of drug-likeness (QED) is 0.303. The van der Waals surface area contributed by atoms with Crippen LogP contribution in [-0.2, 0) is 5.75 Å². The first kappa shape index (κ1) is 21.8. The number of thiazole rings is 1. The zero-order valence-corrected chi connectivity index (χ0v) is 19.0. The number of carbonyl (C=O) groups is 2. The van der Waals surface area contributed by atoms with Crippen molar-refractivity contribution in [3.05, 3.63) is 64.4 Å². The van der Waals surface area contributed by atoms with E-state index in [1.54, 1.807) is 30.1 Å². The molecule has 2 N–H and O–H groups in total. The maximum atomic E-state index is 12.8. The number of anilines is 2. The van der Waals surface area contributed by atoms with E-state index < -0.39 is 6.03 Å². The fourth-order valence-electron chi connectivity index (χ4n) is 3.48. The molecule has 31 heavy (non-hydrogen) atoms. The SMILES string of the molecule is O=C(Nc1nc(CSc2ccccc2)c(Cl)s1)Nc1cccnc1C(=O)C1CCCC1. The lowest BCUT2D eigenvalue weighted by molar-refractivity contribution is 0.0918. The Labute approximate surface area is 193 Å². The predicted octanol–water partition coefficient (Wildman–Crippen LogP) is 6.50. The molecule has 9 heteroatoms. The number of thioether (sulfide) groups is 1. The molecule has 0 unspecified atom stereocenters. The van der Waals surface area contributed by atoms with Gasteiger partial charge in [-0.05, 0) is 37.1 Å². The number of hydrogen-bond donors (Lipinski definition) is 2. The van der Waals surface area contributed by atoms with Crippen LogP contribution in [0.4, 0.5) is 15.6 Å². The molecule has 2 aromatic heterocycles. The molecule has 0 aliphatic heterocycles. The number of amides is 2. The van der Waals surface area contributed by atoms with E-state index >= 15 is 0 Å². The molecule has 1 aliphatic carbocycles. The number of urea groups is 1. The van der Waals surface area contributed by atoms with Crippen LogP contribution in [0.2, 0.25) is 4.34 Å². The maximum Gasteiger partial charge on any atom is 0.325 e. The summed E-state index contributed by atoms with van der Waals surface area (Å²) in [5.41, 5.74) is 1.43. The first-order chi connectivity index (χ1) is 15.1. The van der Waals surface area contributed by atoms with Gasteiger partial charge >= 0.3 is 6.03 Å². The molecule has 2 heterocycles. The highest BCUT2D eigenvalue weighted by Gasteiger charge is 2.27. The van der Waals surface area contributed by atoms with Gasteiger partial charge in [-0.3, -0.25) is 15.1 Å². The Hall–Kier alpha value is -2.42. The average Bonchev–Trinajstić information content (AvgIpc) is 3.43. The number of hydrogen-bond acceptors (Lipinski definition) is 6. The van der Waals surface area contributed by atoms with E-state index in [4.69, 9.17) is 11.6 Å². The van der Waals surface area contributed by atoms with Gasteiger partial charge in [-0.25, -0.2) is 9.78 Å². The lowest BCUT2D eigenvalue weighted by Gasteiger charge is -2.12. The van der Waals surface area contributed by atoms with Crippen LogP contribution in [-0.4, -0.2) is 21.8 Å². The Morgan fingerprint density at radius 3 is 2.65 bits per heavy atom. The minimum atomic E-state index is -0.485. The van der Waals surface area contributed by atoms with Gasteiger partial charge in [0.15, 0.2) is 10.9 Å². The van der Waals surface area contributed by atoms with E-state index in [-0.39, 0.29) is 11.7 Å². The molecule has 1 saturated carbocycles. The molecule has 0 bridgehead atoms. The van der Waals surface area contributed by atoms with Crippen LogP contribution in [0.15, 0.2) is 53.6 Å². The zero-order valence-electron chi connectivity index (χ0n) is 16.6. The molecule has 160 valence electrons. The fourth-order valence-corrected chi connectivity index (χ4v) is 5.54. The fraction of sp³-hybridized carbons (Fsp3) is 0.273. The molecule has 6 nitrogen and oxygen atoms in total. The van der Waals surface area contributed by atoms with Crippen LogP contribution in [0.25, 0.3) is 0 Å². The smallest absolute Gasteiger partial charge is 0.305 e. The molecule has 0 radical (unpaired) electrons. The van der Waals surface area contributed by atoms with Crippen molar-refractivity contribution in [3.8, 4) is 0 Å². The summed E-state index contributed by atoms with van der Waals surface area (Å²) in [5.74, 6) is 0.581. The second-order valence-electron chi connectivity index (χ2n) is 7.17. The van der Waals surface area contributed by atoms with E-state index in [2.05, 4.69) is 20.6 Å². The molecule has 0 atom stereocenters. The standard InChI is InChI=1S/C22H21ClN4O2S2/c23-20-17(13-30-15-9-2-1-3-10-15)26-22(31-20)27-21(29)25-16-11-6-12-24-18(16)19(28)14-7-4-5-8-14/h1-3,6,9-12,14H,4-5,7-8,13H2,(H2,25,26,27,29). The van der Waals surface area contributed by atoms with Gasteiger partial charge in [0.05, 0.1) is 11.4 Å². The molecule has 1 fully saturated rings. The van der Waals surface area contributed by atoms with Crippen molar-refractivity contribution in [2.45, 2.75) is 36.3 Å². The molecule has 1 aliphatic rings. The van der Waals surface area contributed by atoms with Crippen molar-refractivity contribution in [1.29, 1.82) is 0 Å². The van der Waals surface area contributed by atoms with Crippen molar-refractivity contribution in [1.82, 2.24) is 9.97 Å². The van der Waals surface area contributed by atoms with Crippen molar-refractivity contribution in [3.63, 3.8) is 0 Å². The maximum absolute atomic E-state index is 12.8. The first-order valence-electron chi connectivity index (χ1n) is 10.0. The number of aromatic nitrogens is 2. The van der Waals surface area contributed by atoms with Gasteiger partial charge in [-0.2, -0.15) is 0 Å². The minimum absolute atomic E-state index is 0.00841. The summed E-state index contributed by atoms with van der Waals surface area (Å²) in [6.07, 6.45) is 5.44. The Kier molecular flexibility index (Phi) is 7.21. The first-order valence-corrected chi connectivity index (χ1v) is 12.2. The third-order valence-corrected chi connectivity index (χ3v) is 7.28. The number of Topliss-reactive ketones (excluding diaryl/α,β-unsaturated/α-hetero) is 1. The second-order valence-corrected chi connectivity index (χ2v) is 9.82. The highest BCUT2D eigenvalue weighted by molar-refractivity contribution is 7.98. The molecular weight excluding hydrogens is 452 g/mol. The number of nitrogens with one attached hydrogen (secondary N) is 2. The third kappa shape index (κ3) is 5.64. The van der Waals surface area contributed by atoms with Crippen molar-refractivity contribution in [2.75, 3.05) is 10.6 Å². The summed E-state index contributed by atoms with van der Waals surface area (Å²) in [4.78, 5) is 35.1. The van der Waals surface area contributed by atoms with Crippen molar-refractivity contribution < 1.29 is 9.59 Å². The van der Waals surface area contributed by atoms with E-state index in [0.29, 0.717) is 32.3 Å². The zero-order chi connectivity index (χ0) is 21.6. The minimum Gasteiger partial charge on any atom is -0.305 e.